The summed E-state index contributed by atoms with van der Waals surface area (Å²) in [7, 11) is 0. The molecule has 0 amide bonds. The molecule has 9 heavy (non-hydrogen) atoms. The minimum Gasteiger partial charge on any atom is -0.306 e. The maximum Gasteiger partial charge on any atom is 0.179 e. The monoisotopic (exact) mass is 144 g/mol. The molecule has 0 bridgehead atoms. The first-order chi connectivity index (χ1) is 4.24. The molecule has 0 saturated carbocycles. The second-order valence-corrected chi connectivity index (χ2v) is 3.05. The molecule has 1 saturated heterocycles. The summed E-state index contributed by atoms with van der Waals surface area (Å²) in [5.41, 5.74) is 0. The van der Waals surface area contributed by atoms with E-state index in [4.69, 9.17) is 16.9 Å². The first-order valence-electron chi connectivity index (χ1n) is 3.04. The van der Waals surface area contributed by atoms with E-state index < -0.39 is 0 Å². The normalized spacial score (nSPS) is 34.6. The predicted octanol–water partition coefficient (Wildman–Crippen LogP) is 1.17. The van der Waals surface area contributed by atoms with E-state index >= 15 is 0 Å². The molecule has 2 unspecified atom stereocenters. The number of likely N-dealkylation sites (tertiary alicyclic amines) is 1. The third-order valence-corrected chi connectivity index (χ3v) is 1.97. The Hall–Kier alpha value is -0.420. The SMILES string of the molecule is CC1CC(Cl)CN1C#N. The molecule has 0 spiro atoms. The average molecular weight is 145 g/mol. The van der Waals surface area contributed by atoms with Crippen LogP contribution >= 0.6 is 11.6 Å². The molecule has 1 fully saturated rings. The van der Waals surface area contributed by atoms with Crippen molar-refractivity contribution in [3.63, 3.8) is 0 Å². The van der Waals surface area contributed by atoms with Crippen molar-refractivity contribution in [2.75, 3.05) is 6.54 Å². The van der Waals surface area contributed by atoms with E-state index in [0.717, 1.165) is 13.0 Å². The second kappa shape index (κ2) is 2.45. The molecule has 0 N–H and O–H groups in total. The van der Waals surface area contributed by atoms with Gasteiger partial charge in [0.15, 0.2) is 6.19 Å². The maximum absolute atomic E-state index is 8.47. The summed E-state index contributed by atoms with van der Waals surface area (Å²) in [4.78, 5) is 1.72. The van der Waals surface area contributed by atoms with Gasteiger partial charge in [-0.3, -0.25) is 0 Å². The van der Waals surface area contributed by atoms with Crippen molar-refractivity contribution in [1.29, 1.82) is 5.26 Å². The zero-order valence-corrected chi connectivity index (χ0v) is 6.10. The van der Waals surface area contributed by atoms with Gasteiger partial charge >= 0.3 is 0 Å². The van der Waals surface area contributed by atoms with Crippen molar-refractivity contribution in [3.05, 3.63) is 0 Å². The van der Waals surface area contributed by atoms with Crippen LogP contribution < -0.4 is 0 Å². The Balaban J connectivity index is 2.50. The zero-order chi connectivity index (χ0) is 6.85. The highest BCUT2D eigenvalue weighted by Crippen LogP contribution is 2.19. The topological polar surface area (TPSA) is 27.0 Å². The van der Waals surface area contributed by atoms with Crippen molar-refractivity contribution in [2.24, 2.45) is 0 Å². The van der Waals surface area contributed by atoms with E-state index in [0.29, 0.717) is 6.04 Å². The molecule has 2 atom stereocenters. The number of hydrogen-bond donors (Lipinski definition) is 0. The minimum atomic E-state index is 0.180. The van der Waals surface area contributed by atoms with Crippen molar-refractivity contribution in [3.8, 4) is 6.19 Å². The Morgan fingerprint density at radius 2 is 2.44 bits per heavy atom. The van der Waals surface area contributed by atoms with Gasteiger partial charge in [0.2, 0.25) is 0 Å². The van der Waals surface area contributed by atoms with Crippen molar-refractivity contribution in [1.82, 2.24) is 4.90 Å². The van der Waals surface area contributed by atoms with Crippen LogP contribution in [0.1, 0.15) is 13.3 Å². The van der Waals surface area contributed by atoms with E-state index in [1.807, 2.05) is 6.92 Å². The van der Waals surface area contributed by atoms with Gasteiger partial charge in [-0.2, -0.15) is 5.26 Å². The number of rotatable bonds is 0. The molecule has 1 heterocycles. The summed E-state index contributed by atoms with van der Waals surface area (Å²) in [6.07, 6.45) is 3.03. The van der Waals surface area contributed by atoms with Gasteiger partial charge in [-0.05, 0) is 13.3 Å². The Morgan fingerprint density at radius 1 is 1.78 bits per heavy atom. The van der Waals surface area contributed by atoms with Gasteiger partial charge in [-0.1, -0.05) is 0 Å². The lowest BCUT2D eigenvalue weighted by molar-refractivity contribution is 0.388. The molecule has 0 aromatic carbocycles. The predicted molar refractivity (Wildman–Crippen MR) is 36.0 cm³/mol. The van der Waals surface area contributed by atoms with E-state index in [1.54, 1.807) is 4.90 Å². The highest BCUT2D eigenvalue weighted by molar-refractivity contribution is 6.21. The molecule has 1 rings (SSSR count). The fourth-order valence-corrected chi connectivity index (χ4v) is 1.51. The Kier molecular flexibility index (Phi) is 1.82. The van der Waals surface area contributed by atoms with Crippen LogP contribution in [0.4, 0.5) is 0 Å². The summed E-state index contributed by atoms with van der Waals surface area (Å²) >= 11 is 5.79. The minimum absolute atomic E-state index is 0.180. The van der Waals surface area contributed by atoms with E-state index in [9.17, 15) is 0 Å². The third-order valence-electron chi connectivity index (χ3n) is 1.65. The third kappa shape index (κ3) is 1.28. The zero-order valence-electron chi connectivity index (χ0n) is 5.34. The van der Waals surface area contributed by atoms with E-state index in [1.165, 1.54) is 0 Å². The maximum atomic E-state index is 8.47. The second-order valence-electron chi connectivity index (χ2n) is 2.43. The van der Waals surface area contributed by atoms with Crippen LogP contribution in [-0.2, 0) is 0 Å². The molecule has 0 aromatic heterocycles. The van der Waals surface area contributed by atoms with Crippen LogP contribution in [0, 0.1) is 11.5 Å². The van der Waals surface area contributed by atoms with Crippen LogP contribution in [0.3, 0.4) is 0 Å². The number of halogens is 1. The molecule has 0 aliphatic carbocycles. The largest absolute Gasteiger partial charge is 0.306 e. The summed E-state index contributed by atoms with van der Waals surface area (Å²) < 4.78 is 0. The molecular formula is C6H9ClN2. The smallest absolute Gasteiger partial charge is 0.179 e. The lowest BCUT2D eigenvalue weighted by Crippen LogP contribution is -2.20. The summed E-state index contributed by atoms with van der Waals surface area (Å²) in [6, 6.07) is 0.345. The van der Waals surface area contributed by atoms with Gasteiger partial charge in [0, 0.05) is 12.6 Å². The van der Waals surface area contributed by atoms with Crippen LogP contribution in [0.15, 0.2) is 0 Å². The van der Waals surface area contributed by atoms with Crippen molar-refractivity contribution < 1.29 is 0 Å². The van der Waals surface area contributed by atoms with Crippen LogP contribution in [-0.4, -0.2) is 22.9 Å². The van der Waals surface area contributed by atoms with Crippen molar-refractivity contribution >= 4 is 11.6 Å². The van der Waals surface area contributed by atoms with Gasteiger partial charge in [-0.15, -0.1) is 11.6 Å². The number of nitrogens with zero attached hydrogens (tertiary/aromatic N) is 2. The molecular weight excluding hydrogens is 136 g/mol. The Bertz CT molecular complexity index is 140. The summed E-state index contributed by atoms with van der Waals surface area (Å²) in [6.45, 7) is 2.74. The molecule has 1 aliphatic rings. The molecule has 3 heteroatoms. The first kappa shape index (κ1) is 6.70. The first-order valence-corrected chi connectivity index (χ1v) is 3.48. The van der Waals surface area contributed by atoms with Gasteiger partial charge in [0.1, 0.15) is 0 Å². The van der Waals surface area contributed by atoms with Gasteiger partial charge in [0.05, 0.1) is 5.38 Å². The van der Waals surface area contributed by atoms with Crippen molar-refractivity contribution in [2.45, 2.75) is 24.8 Å². The standard InChI is InChI=1S/C6H9ClN2/c1-5-2-6(7)3-9(5)4-8/h5-6H,2-3H2,1H3. The van der Waals surface area contributed by atoms with Crippen LogP contribution in [0.5, 0.6) is 0 Å². The molecule has 50 valence electrons. The quantitative estimate of drug-likeness (QED) is 0.377. The summed E-state index contributed by atoms with van der Waals surface area (Å²) in [5, 5.41) is 8.65. The lowest BCUT2D eigenvalue weighted by atomic mass is 10.2. The molecule has 2 nitrogen and oxygen atoms in total. The number of alkyl halides is 1. The van der Waals surface area contributed by atoms with Gasteiger partial charge in [-0.25, -0.2) is 0 Å². The number of hydrogen-bond acceptors (Lipinski definition) is 2. The lowest BCUT2D eigenvalue weighted by Gasteiger charge is -2.10. The molecule has 0 radical (unpaired) electrons. The fourth-order valence-electron chi connectivity index (χ4n) is 1.10. The van der Waals surface area contributed by atoms with Crippen LogP contribution in [0.25, 0.3) is 0 Å². The average Bonchev–Trinajstić information content (AvgIpc) is 2.10. The van der Waals surface area contributed by atoms with Gasteiger partial charge in [0.25, 0.3) is 0 Å². The Labute approximate surface area is 60.0 Å². The highest BCUT2D eigenvalue weighted by atomic mass is 35.5. The Morgan fingerprint density at radius 3 is 2.67 bits per heavy atom. The van der Waals surface area contributed by atoms with E-state index in [-0.39, 0.29) is 5.38 Å². The van der Waals surface area contributed by atoms with E-state index in [2.05, 4.69) is 6.19 Å². The molecule has 0 aromatic rings. The number of nitriles is 1. The fraction of sp³-hybridized carbons (Fsp3) is 0.833. The van der Waals surface area contributed by atoms with Crippen LogP contribution in [0.2, 0.25) is 0 Å². The summed E-state index contributed by atoms with van der Waals surface area (Å²) in [5.74, 6) is 0. The molecule has 1 aliphatic heterocycles. The highest BCUT2D eigenvalue weighted by Gasteiger charge is 2.25. The van der Waals surface area contributed by atoms with Gasteiger partial charge < -0.3 is 4.90 Å².